The number of nitrogens with zero attached hydrogens (tertiary/aromatic N) is 1. The second kappa shape index (κ2) is 10.4. The lowest BCUT2D eigenvalue weighted by Gasteiger charge is -2.30. The van der Waals surface area contributed by atoms with E-state index in [-0.39, 0.29) is 24.5 Å². The Morgan fingerprint density at radius 3 is 2.50 bits per heavy atom. The number of carbonyl (C=O) groups excluding carboxylic acids is 3. The molecule has 0 unspecified atom stereocenters. The second-order valence-corrected chi connectivity index (χ2v) is 6.01. The molecule has 0 aromatic heterocycles. The molecule has 0 atom stereocenters. The Bertz CT molecular complexity index is 600. The lowest BCUT2D eigenvalue weighted by atomic mass is 9.97. The molecule has 2 N–H and O–H groups in total. The Balaban J connectivity index is 1.68. The number of nitrogens with one attached hydrogen (secondary N) is 2. The molecule has 0 aliphatic carbocycles. The number of urea groups is 1. The lowest BCUT2D eigenvalue weighted by Crippen LogP contribution is -2.43. The van der Waals surface area contributed by atoms with Crippen molar-refractivity contribution < 1.29 is 23.9 Å². The van der Waals surface area contributed by atoms with Crippen LogP contribution in [0.15, 0.2) is 30.3 Å². The fraction of sp³-hybridized carbons (Fsp3) is 0.500. The van der Waals surface area contributed by atoms with Gasteiger partial charge in [-0.05, 0) is 25.0 Å². The molecule has 1 saturated heterocycles. The maximum atomic E-state index is 12.2. The maximum absolute atomic E-state index is 12.2. The minimum atomic E-state index is -0.394. The topological polar surface area (TPSA) is 97.0 Å². The zero-order valence-corrected chi connectivity index (χ0v) is 14.9. The van der Waals surface area contributed by atoms with Crippen LogP contribution in [0.5, 0.6) is 0 Å². The van der Waals surface area contributed by atoms with Crippen LogP contribution in [0.2, 0.25) is 0 Å². The van der Waals surface area contributed by atoms with Crippen LogP contribution in [-0.2, 0) is 19.1 Å². The molecule has 0 spiro atoms. The quantitative estimate of drug-likeness (QED) is 0.561. The number of benzene rings is 1. The number of likely N-dealkylation sites (tertiary alicyclic amines) is 1. The SMILES string of the molecule is COCCNC(=O)COC(=O)C1CCN(C(=O)Nc2ccccc2)CC1. The van der Waals surface area contributed by atoms with Crippen molar-refractivity contribution in [2.75, 3.05) is 45.3 Å². The number of esters is 1. The summed E-state index contributed by atoms with van der Waals surface area (Å²) in [6.45, 7) is 1.43. The molecule has 0 saturated carbocycles. The van der Waals surface area contributed by atoms with Gasteiger partial charge >= 0.3 is 12.0 Å². The van der Waals surface area contributed by atoms with Gasteiger partial charge in [0.25, 0.3) is 5.91 Å². The molecule has 142 valence electrons. The fourth-order valence-electron chi connectivity index (χ4n) is 2.64. The van der Waals surface area contributed by atoms with Crippen molar-refractivity contribution in [2.24, 2.45) is 5.92 Å². The molecule has 8 nitrogen and oxygen atoms in total. The Kier molecular flexibility index (Phi) is 7.88. The number of amides is 3. The number of anilines is 1. The monoisotopic (exact) mass is 363 g/mol. The summed E-state index contributed by atoms with van der Waals surface area (Å²) in [6, 6.07) is 9.04. The van der Waals surface area contributed by atoms with E-state index in [1.54, 1.807) is 12.0 Å². The van der Waals surface area contributed by atoms with E-state index in [0.29, 0.717) is 39.1 Å². The van der Waals surface area contributed by atoms with Gasteiger partial charge in [0.05, 0.1) is 12.5 Å². The van der Waals surface area contributed by atoms with Gasteiger partial charge in [-0.3, -0.25) is 9.59 Å². The normalized spacial score (nSPS) is 14.6. The zero-order valence-electron chi connectivity index (χ0n) is 14.9. The fourth-order valence-corrected chi connectivity index (χ4v) is 2.64. The molecule has 3 amide bonds. The van der Waals surface area contributed by atoms with Crippen molar-refractivity contribution in [3.8, 4) is 0 Å². The molecule has 1 aliphatic heterocycles. The Morgan fingerprint density at radius 1 is 1.15 bits per heavy atom. The van der Waals surface area contributed by atoms with Gasteiger partial charge in [-0.25, -0.2) is 4.79 Å². The number of hydrogen-bond donors (Lipinski definition) is 2. The van der Waals surface area contributed by atoms with Crippen molar-refractivity contribution in [1.29, 1.82) is 0 Å². The van der Waals surface area contributed by atoms with E-state index < -0.39 is 5.97 Å². The molecule has 8 heteroatoms. The summed E-state index contributed by atoms with van der Waals surface area (Å²) in [7, 11) is 1.54. The largest absolute Gasteiger partial charge is 0.455 e. The number of hydrogen-bond acceptors (Lipinski definition) is 5. The highest BCUT2D eigenvalue weighted by Gasteiger charge is 2.28. The highest BCUT2D eigenvalue weighted by molar-refractivity contribution is 5.89. The van der Waals surface area contributed by atoms with Crippen LogP contribution >= 0.6 is 0 Å². The minimum Gasteiger partial charge on any atom is -0.455 e. The Labute approximate surface area is 152 Å². The van der Waals surface area contributed by atoms with Crippen LogP contribution in [0.25, 0.3) is 0 Å². The molecule has 0 radical (unpaired) electrons. The summed E-state index contributed by atoms with van der Waals surface area (Å²) < 4.78 is 9.87. The van der Waals surface area contributed by atoms with Crippen molar-refractivity contribution in [2.45, 2.75) is 12.8 Å². The number of piperidine rings is 1. The molecular weight excluding hydrogens is 338 g/mol. The van der Waals surface area contributed by atoms with E-state index >= 15 is 0 Å². The van der Waals surface area contributed by atoms with Crippen LogP contribution in [0.3, 0.4) is 0 Å². The van der Waals surface area contributed by atoms with E-state index in [1.165, 1.54) is 0 Å². The number of rotatable bonds is 7. The molecule has 1 heterocycles. The van der Waals surface area contributed by atoms with Gasteiger partial charge in [-0.2, -0.15) is 0 Å². The third-order valence-corrected chi connectivity index (χ3v) is 4.11. The van der Waals surface area contributed by atoms with E-state index in [4.69, 9.17) is 9.47 Å². The highest BCUT2D eigenvalue weighted by Crippen LogP contribution is 2.19. The predicted octanol–water partition coefficient (Wildman–Crippen LogP) is 1.24. The molecular formula is C18H25N3O5. The van der Waals surface area contributed by atoms with Crippen LogP contribution in [-0.4, -0.2) is 62.8 Å². The third-order valence-electron chi connectivity index (χ3n) is 4.11. The van der Waals surface area contributed by atoms with Gasteiger partial charge in [0, 0.05) is 32.4 Å². The average Bonchev–Trinajstić information content (AvgIpc) is 2.67. The van der Waals surface area contributed by atoms with E-state index in [0.717, 1.165) is 5.69 Å². The van der Waals surface area contributed by atoms with Crippen molar-refractivity contribution >= 4 is 23.6 Å². The highest BCUT2D eigenvalue weighted by atomic mass is 16.5. The van der Waals surface area contributed by atoms with Crippen LogP contribution in [0.4, 0.5) is 10.5 Å². The zero-order chi connectivity index (χ0) is 18.8. The molecule has 1 fully saturated rings. The molecule has 2 rings (SSSR count). The van der Waals surface area contributed by atoms with Crippen molar-refractivity contribution in [3.05, 3.63) is 30.3 Å². The van der Waals surface area contributed by atoms with E-state index in [2.05, 4.69) is 10.6 Å². The Morgan fingerprint density at radius 2 is 1.85 bits per heavy atom. The number of methoxy groups -OCH3 is 1. The number of ether oxygens (including phenoxy) is 2. The van der Waals surface area contributed by atoms with Gasteiger partial charge in [0.15, 0.2) is 6.61 Å². The van der Waals surface area contributed by atoms with Gasteiger partial charge in [-0.15, -0.1) is 0 Å². The second-order valence-electron chi connectivity index (χ2n) is 6.01. The van der Waals surface area contributed by atoms with Crippen LogP contribution in [0, 0.1) is 5.92 Å². The van der Waals surface area contributed by atoms with E-state index in [1.807, 2.05) is 30.3 Å². The third kappa shape index (κ3) is 6.36. The summed E-state index contributed by atoms with van der Waals surface area (Å²) in [5, 5.41) is 5.41. The van der Waals surface area contributed by atoms with Gasteiger partial charge < -0.3 is 25.0 Å². The van der Waals surface area contributed by atoms with Gasteiger partial charge in [0.1, 0.15) is 0 Å². The summed E-state index contributed by atoms with van der Waals surface area (Å²) >= 11 is 0. The summed E-state index contributed by atoms with van der Waals surface area (Å²) in [6.07, 6.45) is 1.04. The van der Waals surface area contributed by atoms with E-state index in [9.17, 15) is 14.4 Å². The molecule has 1 aromatic rings. The lowest BCUT2D eigenvalue weighted by molar-refractivity contribution is -0.153. The maximum Gasteiger partial charge on any atom is 0.321 e. The minimum absolute atomic E-state index is 0.180. The number of carbonyl (C=O) groups is 3. The van der Waals surface area contributed by atoms with Gasteiger partial charge in [-0.1, -0.05) is 18.2 Å². The van der Waals surface area contributed by atoms with Crippen molar-refractivity contribution in [3.63, 3.8) is 0 Å². The first-order chi connectivity index (χ1) is 12.6. The van der Waals surface area contributed by atoms with Gasteiger partial charge in [0.2, 0.25) is 0 Å². The predicted molar refractivity (Wildman–Crippen MR) is 95.6 cm³/mol. The molecule has 0 bridgehead atoms. The summed E-state index contributed by atoms with van der Waals surface area (Å²) in [5.74, 6) is -1.03. The smallest absolute Gasteiger partial charge is 0.321 e. The summed E-state index contributed by atoms with van der Waals surface area (Å²) in [4.78, 5) is 37.5. The standard InChI is InChI=1S/C18H25N3O5/c1-25-12-9-19-16(22)13-26-17(23)14-7-10-21(11-8-14)18(24)20-15-5-3-2-4-6-15/h2-6,14H,7-13H2,1H3,(H,19,22)(H,20,24). The first kappa shape index (κ1) is 19.7. The summed E-state index contributed by atoms with van der Waals surface area (Å²) in [5.41, 5.74) is 0.735. The van der Waals surface area contributed by atoms with Crippen molar-refractivity contribution in [1.82, 2.24) is 10.2 Å². The van der Waals surface area contributed by atoms with Crippen LogP contribution < -0.4 is 10.6 Å². The first-order valence-corrected chi connectivity index (χ1v) is 8.63. The average molecular weight is 363 g/mol. The molecule has 26 heavy (non-hydrogen) atoms. The number of para-hydroxylation sites is 1. The molecule has 1 aromatic carbocycles. The molecule has 1 aliphatic rings. The Hall–Kier alpha value is -2.61. The first-order valence-electron chi connectivity index (χ1n) is 8.63. The van der Waals surface area contributed by atoms with Crippen LogP contribution in [0.1, 0.15) is 12.8 Å².